The van der Waals surface area contributed by atoms with Gasteiger partial charge in [-0.15, -0.1) is 0 Å². The molecule has 0 radical (unpaired) electrons. The van der Waals surface area contributed by atoms with Gasteiger partial charge in [0, 0.05) is 5.56 Å². The highest BCUT2D eigenvalue weighted by molar-refractivity contribution is 7.13. The number of halogens is 1. The highest BCUT2D eigenvalue weighted by atomic mass is 35.5. The normalized spacial score (nSPS) is 11.7. The van der Waals surface area contributed by atoms with Gasteiger partial charge in [-0.1, -0.05) is 62.8 Å². The summed E-state index contributed by atoms with van der Waals surface area (Å²) in [5, 5.41) is 9.94. The van der Waals surface area contributed by atoms with E-state index in [9.17, 15) is 5.11 Å². The van der Waals surface area contributed by atoms with Crippen LogP contribution in [0.15, 0.2) is 18.2 Å². The molecule has 3 nitrogen and oxygen atoms in total. The SMILES string of the molecule is CCc1ccc(Oc2nc(Cl)c(CO)s2)c(C(C)(C)C)c1. The maximum absolute atomic E-state index is 9.18. The number of aliphatic hydroxyl groups excluding tert-OH is 1. The molecule has 0 amide bonds. The standard InChI is InChI=1S/C16H20ClNO2S/c1-5-10-6-7-12(11(8-10)16(2,3)4)20-15-18-14(17)13(9-19)21-15/h6-8,19H,5,9H2,1-4H3. The summed E-state index contributed by atoms with van der Waals surface area (Å²) >= 11 is 7.22. The van der Waals surface area contributed by atoms with E-state index in [1.165, 1.54) is 16.9 Å². The van der Waals surface area contributed by atoms with Crippen molar-refractivity contribution in [2.24, 2.45) is 0 Å². The highest BCUT2D eigenvalue weighted by Gasteiger charge is 2.21. The third-order valence-corrected chi connectivity index (χ3v) is 4.57. The number of ether oxygens (including phenoxy) is 1. The minimum Gasteiger partial charge on any atom is -0.431 e. The molecule has 1 heterocycles. The molecule has 1 aromatic heterocycles. The molecule has 5 heteroatoms. The van der Waals surface area contributed by atoms with Crippen molar-refractivity contribution >= 4 is 22.9 Å². The Labute approximate surface area is 134 Å². The summed E-state index contributed by atoms with van der Waals surface area (Å²) in [4.78, 5) is 4.76. The lowest BCUT2D eigenvalue weighted by atomic mass is 9.85. The van der Waals surface area contributed by atoms with Crippen LogP contribution >= 0.6 is 22.9 Å². The van der Waals surface area contributed by atoms with E-state index < -0.39 is 0 Å². The van der Waals surface area contributed by atoms with E-state index in [2.05, 4.69) is 44.8 Å². The maximum Gasteiger partial charge on any atom is 0.280 e. The largest absolute Gasteiger partial charge is 0.431 e. The van der Waals surface area contributed by atoms with Crippen LogP contribution < -0.4 is 4.74 Å². The molecule has 0 fully saturated rings. The first-order valence-electron chi connectivity index (χ1n) is 6.92. The Balaban J connectivity index is 2.38. The molecule has 2 rings (SSSR count). The lowest BCUT2D eigenvalue weighted by Gasteiger charge is -2.23. The Kier molecular flexibility index (Phi) is 4.91. The minimum atomic E-state index is -0.124. The van der Waals surface area contributed by atoms with Gasteiger partial charge in [0.25, 0.3) is 5.19 Å². The van der Waals surface area contributed by atoms with Crippen LogP contribution in [-0.4, -0.2) is 10.1 Å². The molecule has 21 heavy (non-hydrogen) atoms. The Bertz CT molecular complexity index is 632. The van der Waals surface area contributed by atoms with Crippen molar-refractivity contribution in [1.82, 2.24) is 4.98 Å². The molecule has 1 aromatic carbocycles. The lowest BCUT2D eigenvalue weighted by Crippen LogP contribution is -2.13. The van der Waals surface area contributed by atoms with Crippen LogP contribution in [0.5, 0.6) is 10.9 Å². The number of aryl methyl sites for hydroxylation is 1. The predicted octanol–water partition coefficient (Wildman–Crippen LogP) is 4.94. The van der Waals surface area contributed by atoms with E-state index in [1.807, 2.05) is 6.07 Å². The summed E-state index contributed by atoms with van der Waals surface area (Å²) < 4.78 is 5.91. The minimum absolute atomic E-state index is 0.0264. The molecule has 1 N–H and O–H groups in total. The van der Waals surface area contributed by atoms with Gasteiger partial charge in [-0.05, 0) is 23.5 Å². The van der Waals surface area contributed by atoms with Crippen molar-refractivity contribution in [3.63, 3.8) is 0 Å². The average molecular weight is 326 g/mol. The molecule has 114 valence electrons. The van der Waals surface area contributed by atoms with Gasteiger partial charge in [-0.3, -0.25) is 0 Å². The van der Waals surface area contributed by atoms with Crippen LogP contribution in [0.4, 0.5) is 0 Å². The third kappa shape index (κ3) is 3.76. The Hall–Kier alpha value is -1.10. The molecule has 0 saturated carbocycles. The van der Waals surface area contributed by atoms with Crippen molar-refractivity contribution in [1.29, 1.82) is 0 Å². The van der Waals surface area contributed by atoms with E-state index in [0.29, 0.717) is 15.2 Å². The van der Waals surface area contributed by atoms with Crippen LogP contribution in [0.3, 0.4) is 0 Å². The van der Waals surface area contributed by atoms with Crippen molar-refractivity contribution < 1.29 is 9.84 Å². The molecule has 0 atom stereocenters. The van der Waals surface area contributed by atoms with Crippen molar-refractivity contribution in [2.45, 2.75) is 46.1 Å². The van der Waals surface area contributed by atoms with Crippen molar-refractivity contribution in [3.05, 3.63) is 39.4 Å². The van der Waals surface area contributed by atoms with Gasteiger partial charge in [0.05, 0.1) is 11.5 Å². The second kappa shape index (κ2) is 6.34. The predicted molar refractivity (Wildman–Crippen MR) is 87.6 cm³/mol. The van der Waals surface area contributed by atoms with Crippen LogP contribution in [0, 0.1) is 0 Å². The number of hydrogen-bond acceptors (Lipinski definition) is 4. The molecule has 0 aliphatic heterocycles. The van der Waals surface area contributed by atoms with E-state index >= 15 is 0 Å². The fourth-order valence-electron chi connectivity index (χ4n) is 2.02. The Morgan fingerprint density at radius 1 is 1.33 bits per heavy atom. The first-order valence-corrected chi connectivity index (χ1v) is 8.12. The molecule has 0 aliphatic carbocycles. The summed E-state index contributed by atoms with van der Waals surface area (Å²) in [7, 11) is 0. The Morgan fingerprint density at radius 2 is 2.05 bits per heavy atom. The first-order chi connectivity index (χ1) is 9.85. The zero-order chi connectivity index (χ0) is 15.6. The van der Waals surface area contributed by atoms with Gasteiger partial charge in [-0.2, -0.15) is 4.98 Å². The molecule has 0 saturated heterocycles. The summed E-state index contributed by atoms with van der Waals surface area (Å²) in [6.07, 6.45) is 0.987. The molecular formula is C16H20ClNO2S. The number of hydrogen-bond donors (Lipinski definition) is 1. The molecule has 0 aliphatic rings. The fraction of sp³-hybridized carbons (Fsp3) is 0.438. The van der Waals surface area contributed by atoms with Gasteiger partial charge < -0.3 is 9.84 Å². The zero-order valence-corrected chi connectivity index (χ0v) is 14.3. The van der Waals surface area contributed by atoms with Gasteiger partial charge >= 0.3 is 0 Å². The molecule has 0 bridgehead atoms. The van der Waals surface area contributed by atoms with Gasteiger partial charge in [0.1, 0.15) is 10.9 Å². The van der Waals surface area contributed by atoms with Crippen molar-refractivity contribution in [3.8, 4) is 10.9 Å². The highest BCUT2D eigenvalue weighted by Crippen LogP contribution is 2.37. The van der Waals surface area contributed by atoms with Crippen molar-refractivity contribution in [2.75, 3.05) is 0 Å². The Morgan fingerprint density at radius 3 is 2.57 bits per heavy atom. The maximum atomic E-state index is 9.18. The quantitative estimate of drug-likeness (QED) is 0.865. The summed E-state index contributed by atoms with van der Waals surface area (Å²) in [5.74, 6) is 0.787. The second-order valence-electron chi connectivity index (χ2n) is 5.89. The van der Waals surface area contributed by atoms with Crippen LogP contribution in [0.2, 0.25) is 5.15 Å². The monoisotopic (exact) mass is 325 g/mol. The number of aliphatic hydroxyl groups is 1. The number of aromatic nitrogens is 1. The van der Waals surface area contributed by atoms with Gasteiger partial charge in [0.2, 0.25) is 0 Å². The number of nitrogens with zero attached hydrogens (tertiary/aromatic N) is 1. The summed E-state index contributed by atoms with van der Waals surface area (Å²) in [6, 6.07) is 6.22. The molecule has 2 aromatic rings. The van der Waals surface area contributed by atoms with Gasteiger partial charge in [-0.25, -0.2) is 0 Å². The molecular weight excluding hydrogens is 306 g/mol. The molecule has 0 unspecified atom stereocenters. The van der Waals surface area contributed by atoms with E-state index in [1.54, 1.807) is 0 Å². The number of rotatable bonds is 4. The first kappa shape index (κ1) is 16.3. The lowest BCUT2D eigenvalue weighted by molar-refractivity contribution is 0.285. The van der Waals surface area contributed by atoms with E-state index in [0.717, 1.165) is 17.7 Å². The smallest absolute Gasteiger partial charge is 0.280 e. The second-order valence-corrected chi connectivity index (χ2v) is 7.29. The van der Waals surface area contributed by atoms with E-state index in [-0.39, 0.29) is 12.0 Å². The number of benzene rings is 1. The fourth-order valence-corrected chi connectivity index (χ4v) is 3.00. The summed E-state index contributed by atoms with van der Waals surface area (Å²) in [6.45, 7) is 8.48. The van der Waals surface area contributed by atoms with Crippen LogP contribution in [0.25, 0.3) is 0 Å². The van der Waals surface area contributed by atoms with Gasteiger partial charge in [0.15, 0.2) is 0 Å². The zero-order valence-electron chi connectivity index (χ0n) is 12.7. The third-order valence-electron chi connectivity index (χ3n) is 3.23. The average Bonchev–Trinajstić information content (AvgIpc) is 2.78. The van der Waals surface area contributed by atoms with Crippen LogP contribution in [0.1, 0.15) is 43.7 Å². The number of thiazole rings is 1. The van der Waals surface area contributed by atoms with Crippen LogP contribution in [-0.2, 0) is 18.4 Å². The molecule has 0 spiro atoms. The topological polar surface area (TPSA) is 42.4 Å². The van der Waals surface area contributed by atoms with E-state index in [4.69, 9.17) is 16.3 Å². The summed E-state index contributed by atoms with van der Waals surface area (Å²) in [5.41, 5.74) is 2.39.